The van der Waals surface area contributed by atoms with Gasteiger partial charge in [-0.3, -0.25) is 9.69 Å². The Morgan fingerprint density at radius 1 is 1.43 bits per heavy atom. The van der Waals surface area contributed by atoms with Crippen molar-refractivity contribution in [2.75, 3.05) is 26.2 Å². The standard InChI is InChI=1S/C15H20Cl2N2O2/c16-13-5-1-3-11(15(13)17)6-7-18-14(21)9-19-8-2-4-12(19)10-20/h1,3,5,12,20H,2,4,6-10H2,(H,18,21). The van der Waals surface area contributed by atoms with Gasteiger partial charge in [0.15, 0.2) is 0 Å². The molecule has 1 aromatic carbocycles. The predicted molar refractivity (Wildman–Crippen MR) is 84.9 cm³/mol. The molecule has 2 rings (SSSR count). The summed E-state index contributed by atoms with van der Waals surface area (Å²) < 4.78 is 0. The summed E-state index contributed by atoms with van der Waals surface area (Å²) in [6.45, 7) is 1.86. The number of aliphatic hydroxyl groups is 1. The van der Waals surface area contributed by atoms with E-state index in [1.54, 1.807) is 6.07 Å². The van der Waals surface area contributed by atoms with Gasteiger partial charge < -0.3 is 10.4 Å². The number of carbonyl (C=O) groups is 1. The molecular weight excluding hydrogens is 311 g/mol. The Morgan fingerprint density at radius 3 is 3.00 bits per heavy atom. The van der Waals surface area contributed by atoms with Gasteiger partial charge in [-0.25, -0.2) is 0 Å². The first-order valence-corrected chi connectivity index (χ1v) is 7.92. The largest absolute Gasteiger partial charge is 0.395 e. The first kappa shape index (κ1) is 16.6. The van der Waals surface area contributed by atoms with Crippen LogP contribution in [-0.4, -0.2) is 48.2 Å². The lowest BCUT2D eigenvalue weighted by molar-refractivity contribution is -0.122. The summed E-state index contributed by atoms with van der Waals surface area (Å²) in [4.78, 5) is 13.9. The number of amides is 1. The lowest BCUT2D eigenvalue weighted by atomic mass is 10.1. The van der Waals surface area contributed by atoms with Crippen LogP contribution in [-0.2, 0) is 11.2 Å². The summed E-state index contributed by atoms with van der Waals surface area (Å²) in [5.41, 5.74) is 0.930. The van der Waals surface area contributed by atoms with Crippen molar-refractivity contribution in [3.8, 4) is 0 Å². The van der Waals surface area contributed by atoms with Crippen molar-refractivity contribution in [1.82, 2.24) is 10.2 Å². The Balaban J connectivity index is 1.75. The molecule has 1 unspecified atom stereocenters. The highest BCUT2D eigenvalue weighted by Crippen LogP contribution is 2.25. The number of aliphatic hydroxyl groups excluding tert-OH is 1. The van der Waals surface area contributed by atoms with E-state index in [4.69, 9.17) is 23.2 Å². The Labute approximate surface area is 135 Å². The Bertz CT molecular complexity index is 497. The molecule has 1 fully saturated rings. The zero-order valence-electron chi connectivity index (χ0n) is 11.8. The molecule has 0 aliphatic carbocycles. The summed E-state index contributed by atoms with van der Waals surface area (Å²) in [6, 6.07) is 5.62. The van der Waals surface area contributed by atoms with Crippen LogP contribution in [0.25, 0.3) is 0 Å². The Hall–Kier alpha value is -0.810. The number of halogens is 2. The molecule has 2 N–H and O–H groups in total. The van der Waals surface area contributed by atoms with Gasteiger partial charge in [0.25, 0.3) is 0 Å². The van der Waals surface area contributed by atoms with Crippen molar-refractivity contribution in [2.24, 2.45) is 0 Å². The highest BCUT2D eigenvalue weighted by atomic mass is 35.5. The first-order valence-electron chi connectivity index (χ1n) is 7.16. The maximum Gasteiger partial charge on any atom is 0.234 e. The average molecular weight is 331 g/mol. The highest BCUT2D eigenvalue weighted by Gasteiger charge is 2.25. The minimum atomic E-state index is -0.0199. The van der Waals surface area contributed by atoms with Gasteiger partial charge in [-0.1, -0.05) is 35.3 Å². The minimum absolute atomic E-state index is 0.0199. The molecule has 1 atom stereocenters. The molecule has 0 saturated carbocycles. The zero-order chi connectivity index (χ0) is 15.2. The van der Waals surface area contributed by atoms with Gasteiger partial charge in [-0.2, -0.15) is 0 Å². The van der Waals surface area contributed by atoms with Crippen LogP contribution in [0.15, 0.2) is 18.2 Å². The molecule has 1 heterocycles. The minimum Gasteiger partial charge on any atom is -0.395 e. The number of likely N-dealkylation sites (tertiary alicyclic amines) is 1. The number of rotatable bonds is 6. The van der Waals surface area contributed by atoms with E-state index in [0.717, 1.165) is 24.9 Å². The maximum absolute atomic E-state index is 11.9. The summed E-state index contributed by atoms with van der Waals surface area (Å²) in [7, 11) is 0. The number of nitrogens with zero attached hydrogens (tertiary/aromatic N) is 1. The van der Waals surface area contributed by atoms with Crippen molar-refractivity contribution in [3.05, 3.63) is 33.8 Å². The van der Waals surface area contributed by atoms with E-state index in [1.165, 1.54) is 0 Å². The molecule has 1 saturated heterocycles. The Morgan fingerprint density at radius 2 is 2.24 bits per heavy atom. The molecule has 1 aliphatic heterocycles. The normalized spacial score (nSPS) is 18.9. The number of benzene rings is 1. The molecule has 4 nitrogen and oxygen atoms in total. The van der Waals surface area contributed by atoms with Crippen molar-refractivity contribution in [1.29, 1.82) is 0 Å². The van der Waals surface area contributed by atoms with Gasteiger partial charge in [0, 0.05) is 12.6 Å². The second kappa shape index (κ2) is 7.99. The van der Waals surface area contributed by atoms with E-state index in [1.807, 2.05) is 17.0 Å². The van der Waals surface area contributed by atoms with Crippen LogP contribution >= 0.6 is 23.2 Å². The summed E-state index contributed by atoms with van der Waals surface area (Å²) in [6.07, 6.45) is 2.65. The molecule has 0 aromatic heterocycles. The van der Waals surface area contributed by atoms with E-state index >= 15 is 0 Å². The van der Waals surface area contributed by atoms with E-state index in [0.29, 0.717) is 29.6 Å². The van der Waals surface area contributed by atoms with Crippen LogP contribution in [0.4, 0.5) is 0 Å². The van der Waals surface area contributed by atoms with E-state index in [-0.39, 0.29) is 18.6 Å². The molecule has 1 aliphatic rings. The van der Waals surface area contributed by atoms with Crippen LogP contribution in [0.2, 0.25) is 10.0 Å². The molecule has 0 radical (unpaired) electrons. The quantitative estimate of drug-likeness (QED) is 0.839. The predicted octanol–water partition coefficient (Wildman–Crippen LogP) is 2.11. The fourth-order valence-corrected chi connectivity index (χ4v) is 3.04. The number of nitrogens with one attached hydrogen (secondary N) is 1. The van der Waals surface area contributed by atoms with Gasteiger partial charge in [0.2, 0.25) is 5.91 Å². The van der Waals surface area contributed by atoms with Crippen LogP contribution in [0.3, 0.4) is 0 Å². The fraction of sp³-hybridized carbons (Fsp3) is 0.533. The monoisotopic (exact) mass is 330 g/mol. The summed E-state index contributed by atoms with van der Waals surface area (Å²) in [5.74, 6) is -0.0199. The molecule has 6 heteroatoms. The van der Waals surface area contributed by atoms with Crippen LogP contribution in [0.1, 0.15) is 18.4 Å². The average Bonchev–Trinajstić information content (AvgIpc) is 2.90. The lowest BCUT2D eigenvalue weighted by Gasteiger charge is -2.21. The van der Waals surface area contributed by atoms with E-state index in [9.17, 15) is 9.90 Å². The molecule has 116 valence electrons. The second-order valence-electron chi connectivity index (χ2n) is 5.26. The topological polar surface area (TPSA) is 52.6 Å². The zero-order valence-corrected chi connectivity index (χ0v) is 13.3. The number of hydrogen-bond acceptors (Lipinski definition) is 3. The van der Waals surface area contributed by atoms with E-state index < -0.39 is 0 Å². The van der Waals surface area contributed by atoms with Gasteiger partial charge in [-0.05, 0) is 37.4 Å². The van der Waals surface area contributed by atoms with Gasteiger partial charge in [0.05, 0.1) is 23.2 Å². The van der Waals surface area contributed by atoms with Crippen molar-refractivity contribution in [3.63, 3.8) is 0 Å². The van der Waals surface area contributed by atoms with Crippen LogP contribution in [0.5, 0.6) is 0 Å². The van der Waals surface area contributed by atoms with Gasteiger partial charge in [-0.15, -0.1) is 0 Å². The third-order valence-electron chi connectivity index (χ3n) is 3.80. The summed E-state index contributed by atoms with van der Waals surface area (Å²) in [5, 5.41) is 13.2. The molecule has 1 amide bonds. The smallest absolute Gasteiger partial charge is 0.234 e. The molecule has 1 aromatic rings. The van der Waals surface area contributed by atoms with Gasteiger partial charge in [0.1, 0.15) is 0 Å². The van der Waals surface area contributed by atoms with Crippen LogP contribution < -0.4 is 5.32 Å². The summed E-state index contributed by atoms with van der Waals surface area (Å²) >= 11 is 12.1. The third kappa shape index (κ3) is 4.58. The second-order valence-corrected chi connectivity index (χ2v) is 6.05. The number of carbonyl (C=O) groups excluding carboxylic acids is 1. The van der Waals surface area contributed by atoms with Crippen LogP contribution in [0, 0.1) is 0 Å². The SMILES string of the molecule is O=C(CN1CCCC1CO)NCCc1cccc(Cl)c1Cl. The molecule has 0 bridgehead atoms. The number of hydrogen-bond donors (Lipinski definition) is 2. The maximum atomic E-state index is 11.9. The van der Waals surface area contributed by atoms with Gasteiger partial charge >= 0.3 is 0 Å². The highest BCUT2D eigenvalue weighted by molar-refractivity contribution is 6.42. The van der Waals surface area contributed by atoms with Crippen molar-refractivity contribution < 1.29 is 9.90 Å². The molecular formula is C15H20Cl2N2O2. The fourth-order valence-electron chi connectivity index (χ4n) is 2.63. The third-order valence-corrected chi connectivity index (χ3v) is 4.66. The molecule has 21 heavy (non-hydrogen) atoms. The Kier molecular flexibility index (Phi) is 6.30. The lowest BCUT2D eigenvalue weighted by Crippen LogP contribution is -2.41. The van der Waals surface area contributed by atoms with E-state index in [2.05, 4.69) is 5.32 Å². The van der Waals surface area contributed by atoms with Crippen molar-refractivity contribution >= 4 is 29.1 Å². The van der Waals surface area contributed by atoms with Crippen molar-refractivity contribution in [2.45, 2.75) is 25.3 Å². The first-order chi connectivity index (χ1) is 10.1. The molecule has 0 spiro atoms.